The number of nitrogens with one attached hydrogen (secondary N) is 1. The lowest BCUT2D eigenvalue weighted by Gasteiger charge is -2.34. The number of amides is 1. The number of halogens is 2. The van der Waals surface area contributed by atoms with E-state index >= 15 is 0 Å². The van der Waals surface area contributed by atoms with E-state index in [-0.39, 0.29) is 23.5 Å². The van der Waals surface area contributed by atoms with E-state index in [2.05, 4.69) is 5.32 Å². The number of hydrogen-bond acceptors (Lipinski definition) is 2. The Bertz CT molecular complexity index is 448. The van der Waals surface area contributed by atoms with Crippen molar-refractivity contribution < 1.29 is 9.18 Å². The molecule has 1 aliphatic heterocycles. The number of benzene rings is 1. The molecule has 5 heteroatoms. The lowest BCUT2D eigenvalue weighted by atomic mass is 10.1. The molecule has 1 heterocycles. The Labute approximate surface area is 98.2 Å². The smallest absolute Gasteiger partial charge is 0.243 e. The molecule has 0 bridgehead atoms. The molecule has 16 heavy (non-hydrogen) atoms. The number of anilines is 2. The molecule has 86 valence electrons. The second-order valence-corrected chi connectivity index (χ2v) is 4.46. The molecule has 0 saturated heterocycles. The van der Waals surface area contributed by atoms with Crippen LogP contribution in [-0.2, 0) is 4.79 Å². The van der Waals surface area contributed by atoms with Crippen molar-refractivity contribution in [3.05, 3.63) is 23.0 Å². The minimum Gasteiger partial charge on any atom is -0.358 e. The number of nitrogens with zero attached hydrogens (tertiary/aromatic N) is 1. The van der Waals surface area contributed by atoms with Crippen LogP contribution in [0.15, 0.2) is 12.1 Å². The van der Waals surface area contributed by atoms with Crippen LogP contribution in [0.4, 0.5) is 15.8 Å². The summed E-state index contributed by atoms with van der Waals surface area (Å²) in [5.74, 6) is -0.658. The van der Waals surface area contributed by atoms with Gasteiger partial charge in [-0.05, 0) is 19.9 Å². The molecule has 2 rings (SSSR count). The molecule has 1 N–H and O–H groups in total. The highest BCUT2D eigenvalue weighted by Crippen LogP contribution is 2.34. The first-order chi connectivity index (χ1) is 7.49. The molecule has 0 aliphatic carbocycles. The van der Waals surface area contributed by atoms with Gasteiger partial charge in [0.1, 0.15) is 5.82 Å². The Morgan fingerprint density at radius 1 is 1.50 bits per heavy atom. The summed E-state index contributed by atoms with van der Waals surface area (Å²) in [5, 5.41) is 2.70. The molecule has 0 spiro atoms. The Hall–Kier alpha value is -1.29. The topological polar surface area (TPSA) is 32.3 Å². The van der Waals surface area contributed by atoms with E-state index < -0.39 is 5.82 Å². The molecule has 0 atom stereocenters. The Morgan fingerprint density at radius 3 is 2.81 bits per heavy atom. The van der Waals surface area contributed by atoms with Crippen LogP contribution >= 0.6 is 11.6 Å². The average Bonchev–Trinajstić information content (AvgIpc) is 2.19. The normalized spacial score (nSPS) is 15.1. The largest absolute Gasteiger partial charge is 0.358 e. The van der Waals surface area contributed by atoms with Gasteiger partial charge in [-0.15, -0.1) is 0 Å². The summed E-state index contributed by atoms with van der Waals surface area (Å²) in [6.45, 7) is 4.21. The van der Waals surface area contributed by atoms with Crippen molar-refractivity contribution in [3.63, 3.8) is 0 Å². The van der Waals surface area contributed by atoms with Gasteiger partial charge in [-0.2, -0.15) is 0 Å². The summed E-state index contributed by atoms with van der Waals surface area (Å²) in [6, 6.07) is 2.96. The molecule has 0 aromatic heterocycles. The van der Waals surface area contributed by atoms with Crippen LogP contribution < -0.4 is 10.2 Å². The van der Waals surface area contributed by atoms with Crippen LogP contribution in [0.5, 0.6) is 0 Å². The first kappa shape index (κ1) is 11.2. The van der Waals surface area contributed by atoms with E-state index in [0.29, 0.717) is 5.69 Å². The molecule has 0 radical (unpaired) electrons. The predicted molar refractivity (Wildman–Crippen MR) is 62.5 cm³/mol. The van der Waals surface area contributed by atoms with Gasteiger partial charge in [-0.25, -0.2) is 4.39 Å². The van der Waals surface area contributed by atoms with Crippen molar-refractivity contribution >= 4 is 28.9 Å². The number of fused-ring (bicyclic) bond motifs is 1. The first-order valence-electron chi connectivity index (χ1n) is 5.04. The molecule has 0 unspecified atom stereocenters. The molecule has 1 aromatic rings. The zero-order valence-electron chi connectivity index (χ0n) is 9.05. The fourth-order valence-corrected chi connectivity index (χ4v) is 1.92. The highest BCUT2D eigenvalue weighted by Gasteiger charge is 2.25. The second-order valence-electron chi connectivity index (χ2n) is 4.05. The van der Waals surface area contributed by atoms with Crippen LogP contribution in [-0.4, -0.2) is 18.5 Å². The van der Waals surface area contributed by atoms with Crippen LogP contribution in [0.3, 0.4) is 0 Å². The molecule has 1 aromatic carbocycles. The highest BCUT2D eigenvalue weighted by molar-refractivity contribution is 6.31. The van der Waals surface area contributed by atoms with Crippen molar-refractivity contribution in [2.45, 2.75) is 19.9 Å². The fourth-order valence-electron chi connectivity index (χ4n) is 1.76. The third-order valence-corrected chi connectivity index (χ3v) is 2.85. The van der Waals surface area contributed by atoms with Crippen LogP contribution in [0.2, 0.25) is 5.02 Å². The van der Waals surface area contributed by atoms with Crippen LogP contribution in [0.1, 0.15) is 13.8 Å². The van der Waals surface area contributed by atoms with Gasteiger partial charge in [0.05, 0.1) is 22.9 Å². The van der Waals surface area contributed by atoms with Crippen molar-refractivity contribution in [2.24, 2.45) is 0 Å². The van der Waals surface area contributed by atoms with Crippen molar-refractivity contribution in [1.29, 1.82) is 0 Å². The van der Waals surface area contributed by atoms with E-state index in [0.717, 1.165) is 5.69 Å². The summed E-state index contributed by atoms with van der Waals surface area (Å²) in [5.41, 5.74) is 1.24. The van der Waals surface area contributed by atoms with E-state index in [4.69, 9.17) is 11.6 Å². The molecule has 1 amide bonds. The predicted octanol–water partition coefficient (Wildman–Crippen LogP) is 2.65. The zero-order valence-corrected chi connectivity index (χ0v) is 9.81. The van der Waals surface area contributed by atoms with Crippen LogP contribution in [0, 0.1) is 5.82 Å². The highest BCUT2D eigenvalue weighted by atomic mass is 35.5. The van der Waals surface area contributed by atoms with Crippen molar-refractivity contribution in [1.82, 2.24) is 0 Å². The van der Waals surface area contributed by atoms with Gasteiger partial charge < -0.3 is 10.2 Å². The maximum atomic E-state index is 13.3. The number of carbonyl (C=O) groups excluding carboxylic acids is 1. The van der Waals surface area contributed by atoms with Gasteiger partial charge >= 0.3 is 0 Å². The molecule has 3 nitrogen and oxygen atoms in total. The van der Waals surface area contributed by atoms with Crippen molar-refractivity contribution in [3.8, 4) is 0 Å². The van der Waals surface area contributed by atoms with Crippen molar-refractivity contribution in [2.75, 3.05) is 16.8 Å². The van der Waals surface area contributed by atoms with E-state index in [1.165, 1.54) is 6.07 Å². The Balaban J connectivity index is 2.52. The van der Waals surface area contributed by atoms with Gasteiger partial charge in [0.2, 0.25) is 5.91 Å². The molecular formula is C11H12ClFN2O. The molecule has 0 fully saturated rings. The molecule has 0 saturated carbocycles. The maximum absolute atomic E-state index is 13.3. The van der Waals surface area contributed by atoms with Crippen LogP contribution in [0.25, 0.3) is 0 Å². The monoisotopic (exact) mass is 242 g/mol. The summed E-state index contributed by atoms with van der Waals surface area (Å²) in [6.07, 6.45) is 0. The summed E-state index contributed by atoms with van der Waals surface area (Å²) < 4.78 is 13.3. The molecule has 1 aliphatic rings. The average molecular weight is 243 g/mol. The van der Waals surface area contributed by atoms with Gasteiger partial charge in [0.25, 0.3) is 0 Å². The lowest BCUT2D eigenvalue weighted by molar-refractivity contribution is -0.115. The minimum absolute atomic E-state index is 0.0700. The summed E-state index contributed by atoms with van der Waals surface area (Å²) in [4.78, 5) is 13.3. The first-order valence-corrected chi connectivity index (χ1v) is 5.42. The third kappa shape index (κ3) is 1.85. The Morgan fingerprint density at radius 2 is 2.19 bits per heavy atom. The lowest BCUT2D eigenvalue weighted by Crippen LogP contribution is -2.42. The second kappa shape index (κ2) is 3.94. The number of rotatable bonds is 1. The van der Waals surface area contributed by atoms with E-state index in [1.54, 1.807) is 6.07 Å². The van der Waals surface area contributed by atoms with E-state index in [1.807, 2.05) is 18.7 Å². The fraction of sp³-hybridized carbons (Fsp3) is 0.364. The minimum atomic E-state index is -0.522. The number of hydrogen-bond donors (Lipinski definition) is 1. The molecular weight excluding hydrogens is 231 g/mol. The number of carbonyl (C=O) groups is 1. The van der Waals surface area contributed by atoms with Gasteiger partial charge in [-0.3, -0.25) is 4.79 Å². The summed E-state index contributed by atoms with van der Waals surface area (Å²) in [7, 11) is 0. The maximum Gasteiger partial charge on any atom is 0.243 e. The third-order valence-electron chi connectivity index (χ3n) is 2.56. The quantitative estimate of drug-likeness (QED) is 0.821. The SMILES string of the molecule is CC(C)N1CC(=O)Nc2cc(F)c(Cl)cc21. The standard InChI is InChI=1S/C11H12ClFN2O/c1-6(2)15-5-11(16)14-9-4-8(13)7(12)3-10(9)15/h3-4,6H,5H2,1-2H3,(H,14,16). The van der Waals surface area contributed by atoms with Gasteiger partial charge in [0, 0.05) is 12.1 Å². The van der Waals surface area contributed by atoms with Gasteiger partial charge in [0.15, 0.2) is 0 Å². The summed E-state index contributed by atoms with van der Waals surface area (Å²) >= 11 is 5.74. The zero-order chi connectivity index (χ0) is 11.9. The van der Waals surface area contributed by atoms with Gasteiger partial charge in [-0.1, -0.05) is 11.6 Å². The van der Waals surface area contributed by atoms with E-state index in [9.17, 15) is 9.18 Å². The Kier molecular flexibility index (Phi) is 2.76.